The summed E-state index contributed by atoms with van der Waals surface area (Å²) in [4.78, 5) is 25.7. The van der Waals surface area contributed by atoms with E-state index < -0.39 is 35.3 Å². The van der Waals surface area contributed by atoms with Crippen LogP contribution in [0.5, 0.6) is 0 Å². The molecule has 2 aromatic heterocycles. The van der Waals surface area contributed by atoms with Crippen LogP contribution in [0.15, 0.2) is 35.3 Å². The smallest absolute Gasteiger partial charge is 0.324 e. The van der Waals surface area contributed by atoms with Gasteiger partial charge in [-0.15, -0.1) is 0 Å². The molecule has 3 aromatic rings. The fraction of sp³-hybridized carbons (Fsp3) is 0.429. The number of hydrogen-bond acceptors (Lipinski definition) is 4. The predicted octanol–water partition coefficient (Wildman–Crippen LogP) is 4.13. The molecule has 0 spiro atoms. The van der Waals surface area contributed by atoms with Crippen LogP contribution in [0.1, 0.15) is 51.8 Å². The minimum Gasteiger partial charge on any atom is -0.324 e. The van der Waals surface area contributed by atoms with E-state index in [1.54, 1.807) is 10.9 Å². The summed E-state index contributed by atoms with van der Waals surface area (Å²) < 4.78 is 42.1. The number of benzene rings is 1. The quantitative estimate of drug-likeness (QED) is 0.668. The lowest BCUT2D eigenvalue weighted by atomic mass is 10.1. The molecule has 31 heavy (non-hydrogen) atoms. The van der Waals surface area contributed by atoms with Crippen LogP contribution in [0, 0.1) is 0 Å². The molecule has 1 amide bonds. The van der Waals surface area contributed by atoms with E-state index in [2.05, 4.69) is 15.5 Å². The Morgan fingerprint density at radius 2 is 1.81 bits per heavy atom. The summed E-state index contributed by atoms with van der Waals surface area (Å²) in [5.41, 5.74) is -1.50. The van der Waals surface area contributed by atoms with Gasteiger partial charge >= 0.3 is 6.18 Å². The second kappa shape index (κ2) is 7.82. The molecule has 0 saturated heterocycles. The maximum Gasteiger partial charge on any atom is 0.418 e. The lowest BCUT2D eigenvalue weighted by Crippen LogP contribution is -2.34. The van der Waals surface area contributed by atoms with Crippen molar-refractivity contribution in [2.24, 2.45) is 0 Å². The largest absolute Gasteiger partial charge is 0.418 e. The van der Waals surface area contributed by atoms with Gasteiger partial charge in [0.2, 0.25) is 5.91 Å². The minimum atomic E-state index is -4.62. The third-order valence-corrected chi connectivity index (χ3v) is 4.69. The number of aromatic nitrogens is 4. The number of nitrogens with one attached hydrogen (secondary N) is 1. The minimum absolute atomic E-state index is 0.0685. The topological polar surface area (TPSA) is 81.8 Å². The number of anilines is 1. The fourth-order valence-corrected chi connectivity index (χ4v) is 3.30. The van der Waals surface area contributed by atoms with Crippen LogP contribution in [0.2, 0.25) is 0 Å². The summed E-state index contributed by atoms with van der Waals surface area (Å²) in [6, 6.07) is 4.67. The maximum absolute atomic E-state index is 13.2. The van der Waals surface area contributed by atoms with E-state index in [1.807, 2.05) is 34.6 Å². The molecule has 0 aliphatic rings. The van der Waals surface area contributed by atoms with Gasteiger partial charge in [0.15, 0.2) is 0 Å². The first-order valence-corrected chi connectivity index (χ1v) is 9.76. The van der Waals surface area contributed by atoms with Crippen LogP contribution in [0.4, 0.5) is 18.9 Å². The molecule has 0 aliphatic heterocycles. The molecule has 1 N–H and O–H groups in total. The highest BCUT2D eigenvalue weighted by atomic mass is 19.4. The molecule has 0 unspecified atom stereocenters. The van der Waals surface area contributed by atoms with Crippen LogP contribution >= 0.6 is 0 Å². The van der Waals surface area contributed by atoms with Gasteiger partial charge in [0.05, 0.1) is 28.7 Å². The second-order valence-electron chi connectivity index (χ2n) is 8.58. The van der Waals surface area contributed by atoms with Crippen LogP contribution in [-0.2, 0) is 23.1 Å². The van der Waals surface area contributed by atoms with Gasteiger partial charge in [-0.3, -0.25) is 14.3 Å². The number of halogens is 3. The molecule has 0 saturated carbocycles. The van der Waals surface area contributed by atoms with Gasteiger partial charge < -0.3 is 5.32 Å². The lowest BCUT2D eigenvalue weighted by Gasteiger charge is -2.21. The number of carbonyl (C=O) groups is 1. The number of amides is 1. The van der Waals surface area contributed by atoms with Crippen LogP contribution in [0.25, 0.3) is 10.9 Å². The van der Waals surface area contributed by atoms with Crippen LogP contribution in [0.3, 0.4) is 0 Å². The first-order chi connectivity index (χ1) is 14.3. The molecular formula is C21H24F3N5O2. The van der Waals surface area contributed by atoms with Crippen molar-refractivity contribution < 1.29 is 18.0 Å². The van der Waals surface area contributed by atoms with E-state index in [4.69, 9.17) is 0 Å². The molecule has 2 heterocycles. The van der Waals surface area contributed by atoms with Gasteiger partial charge in [0.1, 0.15) is 12.1 Å². The average Bonchev–Trinajstić information content (AvgIpc) is 3.09. The normalized spacial score (nSPS) is 12.5. The Hall–Kier alpha value is -3.17. The number of rotatable bonds is 4. The number of nitrogens with zero attached hydrogens (tertiary/aromatic N) is 4. The van der Waals surface area contributed by atoms with Crippen molar-refractivity contribution in [3.63, 3.8) is 0 Å². The third kappa shape index (κ3) is 4.47. The van der Waals surface area contributed by atoms with Crippen molar-refractivity contribution in [2.45, 2.75) is 58.8 Å². The number of para-hydroxylation sites is 1. The fourth-order valence-electron chi connectivity index (χ4n) is 3.30. The van der Waals surface area contributed by atoms with Gasteiger partial charge in [-0.05, 0) is 38.8 Å². The number of alkyl halides is 3. The summed E-state index contributed by atoms with van der Waals surface area (Å²) in [7, 11) is 0. The highest BCUT2D eigenvalue weighted by Gasteiger charge is 2.33. The van der Waals surface area contributed by atoms with E-state index in [1.165, 1.54) is 12.1 Å². The first-order valence-electron chi connectivity index (χ1n) is 9.76. The molecule has 166 valence electrons. The summed E-state index contributed by atoms with van der Waals surface area (Å²) >= 11 is 0. The Labute approximate surface area is 176 Å². The highest BCUT2D eigenvalue weighted by molar-refractivity contribution is 5.91. The van der Waals surface area contributed by atoms with Crippen LogP contribution in [-0.4, -0.2) is 25.5 Å². The Morgan fingerprint density at radius 1 is 1.16 bits per heavy atom. The lowest BCUT2D eigenvalue weighted by molar-refractivity contribution is -0.137. The summed E-state index contributed by atoms with van der Waals surface area (Å²) in [5.74, 6) is -0.858. The molecule has 7 nitrogen and oxygen atoms in total. The molecule has 10 heteroatoms. The van der Waals surface area contributed by atoms with Crippen molar-refractivity contribution >= 4 is 22.5 Å². The van der Waals surface area contributed by atoms with E-state index in [0.717, 1.165) is 16.8 Å². The predicted molar refractivity (Wildman–Crippen MR) is 111 cm³/mol. The summed E-state index contributed by atoms with van der Waals surface area (Å²) in [6.07, 6.45) is -3.05. The molecule has 0 aliphatic carbocycles. The van der Waals surface area contributed by atoms with E-state index in [0.29, 0.717) is 16.6 Å². The Morgan fingerprint density at radius 3 is 2.39 bits per heavy atom. The van der Waals surface area contributed by atoms with Gasteiger partial charge in [-0.2, -0.15) is 23.4 Å². The van der Waals surface area contributed by atoms with Crippen molar-refractivity contribution in [3.05, 3.63) is 52.1 Å². The molecule has 0 bridgehead atoms. The van der Waals surface area contributed by atoms with Crippen molar-refractivity contribution in [1.82, 2.24) is 19.6 Å². The number of hydrogen-bond donors (Lipinski definition) is 1. The molecule has 0 radical (unpaired) electrons. The van der Waals surface area contributed by atoms with Crippen molar-refractivity contribution in [1.29, 1.82) is 0 Å². The van der Waals surface area contributed by atoms with Gasteiger partial charge in [0, 0.05) is 5.39 Å². The molecule has 1 aromatic carbocycles. The molecule has 0 atom stereocenters. The monoisotopic (exact) mass is 435 g/mol. The van der Waals surface area contributed by atoms with E-state index in [9.17, 15) is 22.8 Å². The standard InChI is InChI=1S/C21H24F3N5O2/c1-12(2)17-13-10-25-29(20(3,4)5)18(13)19(31)28(27-17)11-16(30)26-15-9-7-6-8-14(15)21(22,23)24/h6-10,12H,11H2,1-5H3,(H,26,30). The highest BCUT2D eigenvalue weighted by Crippen LogP contribution is 2.34. The first kappa shape index (κ1) is 22.5. The number of carbonyl (C=O) groups excluding carboxylic acids is 1. The summed E-state index contributed by atoms with van der Waals surface area (Å²) in [5, 5.41) is 11.5. The Bertz CT molecular complexity index is 1190. The molecule has 0 fully saturated rings. The zero-order valence-electron chi connectivity index (χ0n) is 17.9. The average molecular weight is 435 g/mol. The van der Waals surface area contributed by atoms with Gasteiger partial charge in [-0.1, -0.05) is 26.0 Å². The van der Waals surface area contributed by atoms with E-state index >= 15 is 0 Å². The Kier molecular flexibility index (Phi) is 5.68. The maximum atomic E-state index is 13.2. The molecule has 3 rings (SSSR count). The zero-order valence-corrected chi connectivity index (χ0v) is 17.9. The second-order valence-corrected chi connectivity index (χ2v) is 8.58. The van der Waals surface area contributed by atoms with Crippen LogP contribution < -0.4 is 10.9 Å². The van der Waals surface area contributed by atoms with Crippen molar-refractivity contribution in [3.8, 4) is 0 Å². The van der Waals surface area contributed by atoms with Gasteiger partial charge in [-0.25, -0.2) is 4.68 Å². The molecular weight excluding hydrogens is 411 g/mol. The zero-order chi connectivity index (χ0) is 23.1. The third-order valence-electron chi connectivity index (χ3n) is 4.69. The Balaban J connectivity index is 2.04. The van der Waals surface area contributed by atoms with Gasteiger partial charge in [0.25, 0.3) is 5.56 Å². The van der Waals surface area contributed by atoms with E-state index in [-0.39, 0.29) is 11.6 Å². The SMILES string of the molecule is CC(C)c1nn(CC(=O)Nc2ccccc2C(F)(F)F)c(=O)c2c1cnn2C(C)(C)C. The number of fused-ring (bicyclic) bond motifs is 1. The van der Waals surface area contributed by atoms with Crippen molar-refractivity contribution in [2.75, 3.05) is 5.32 Å². The summed E-state index contributed by atoms with van der Waals surface area (Å²) in [6.45, 7) is 8.92.